The standard InChI is InChI=1S/C3H6O2.3CH4O.Zr/c1-2-3(4)5;3*1-2;/h2H2,1H3,(H,4,5);3*2H,1H3;/p+1. The third-order valence-corrected chi connectivity index (χ3v) is 0.302. The van der Waals surface area contributed by atoms with Crippen molar-refractivity contribution in [1.82, 2.24) is 0 Å². The SMILES string of the molecule is CCC(=O)O.CO.CO.C[OH2+].[Zr]. The number of aliphatic hydroxyl groups is 2. The van der Waals surface area contributed by atoms with Crippen molar-refractivity contribution in [3.63, 3.8) is 0 Å². The quantitative estimate of drug-likeness (QED) is 0.530. The van der Waals surface area contributed by atoms with Gasteiger partial charge < -0.3 is 20.4 Å². The summed E-state index contributed by atoms with van der Waals surface area (Å²) in [6, 6.07) is 0. The fourth-order valence-corrected chi connectivity index (χ4v) is 0. The molecule has 0 aromatic carbocycles. The molecule has 0 aliphatic rings. The van der Waals surface area contributed by atoms with Crippen LogP contribution in [-0.2, 0) is 31.0 Å². The molecule has 12 heavy (non-hydrogen) atoms. The molecule has 0 spiro atoms. The summed E-state index contributed by atoms with van der Waals surface area (Å²) >= 11 is 0. The maximum Gasteiger partial charge on any atom is 0.303 e. The molecular weight excluding hydrogens is 243 g/mol. The topological polar surface area (TPSA) is 101 Å². The van der Waals surface area contributed by atoms with Crippen molar-refractivity contribution in [1.29, 1.82) is 0 Å². The zero-order chi connectivity index (χ0) is 10.3. The van der Waals surface area contributed by atoms with E-state index in [2.05, 4.69) is 0 Å². The van der Waals surface area contributed by atoms with E-state index in [-0.39, 0.29) is 32.6 Å². The Balaban J connectivity index is -0.0000000203. The molecule has 0 unspecified atom stereocenters. The number of hydrogen-bond acceptors (Lipinski definition) is 3. The Kier molecular flexibility index (Phi) is 161. The minimum absolute atomic E-state index is 0. The number of rotatable bonds is 1. The molecule has 0 aromatic rings. The van der Waals surface area contributed by atoms with E-state index in [4.69, 9.17) is 20.4 Å². The van der Waals surface area contributed by atoms with Gasteiger partial charge in [0, 0.05) is 46.8 Å². The Bertz CT molecular complexity index is 51.2. The normalized spacial score (nSPS) is 4.58. The van der Waals surface area contributed by atoms with Gasteiger partial charge in [0.15, 0.2) is 0 Å². The van der Waals surface area contributed by atoms with Gasteiger partial charge in [-0.25, -0.2) is 0 Å². The van der Waals surface area contributed by atoms with E-state index < -0.39 is 5.97 Å². The largest absolute Gasteiger partial charge is 0.481 e. The number of aliphatic carboxylic acids is 1. The van der Waals surface area contributed by atoms with E-state index in [1.165, 1.54) is 7.11 Å². The van der Waals surface area contributed by atoms with Crippen LogP contribution in [0.4, 0.5) is 0 Å². The van der Waals surface area contributed by atoms with Gasteiger partial charge in [-0.05, 0) is 0 Å². The summed E-state index contributed by atoms with van der Waals surface area (Å²) in [6.07, 6.45) is 0.222. The number of aliphatic hydroxyl groups excluding tert-OH is 2. The van der Waals surface area contributed by atoms with E-state index in [0.29, 0.717) is 0 Å². The van der Waals surface area contributed by atoms with Gasteiger partial charge in [-0.15, -0.1) is 0 Å². The van der Waals surface area contributed by atoms with Crippen LogP contribution in [0.1, 0.15) is 13.3 Å². The molecule has 0 aromatic heterocycles. The van der Waals surface area contributed by atoms with Gasteiger partial charge >= 0.3 is 5.97 Å². The zero-order valence-electron chi connectivity index (χ0n) is 7.96. The van der Waals surface area contributed by atoms with Crippen LogP contribution in [0.25, 0.3) is 0 Å². The predicted octanol–water partition coefficient (Wildman–Crippen LogP) is -0.964. The van der Waals surface area contributed by atoms with Crippen LogP contribution in [0, 0.1) is 0 Å². The maximum atomic E-state index is 9.37. The van der Waals surface area contributed by atoms with Crippen molar-refractivity contribution in [2.45, 2.75) is 13.3 Å². The first-order valence-corrected chi connectivity index (χ1v) is 2.88. The van der Waals surface area contributed by atoms with Gasteiger partial charge in [-0.2, -0.15) is 0 Å². The average Bonchev–Trinajstić information content (AvgIpc) is 2.15. The van der Waals surface area contributed by atoms with Crippen molar-refractivity contribution in [2.75, 3.05) is 21.3 Å². The van der Waals surface area contributed by atoms with Gasteiger partial charge in [-0.3, -0.25) is 4.79 Å². The molecule has 0 saturated carbocycles. The van der Waals surface area contributed by atoms with Crippen LogP contribution in [0.2, 0.25) is 0 Å². The average molecular weight is 262 g/mol. The van der Waals surface area contributed by atoms with Gasteiger partial charge in [0.2, 0.25) is 0 Å². The van der Waals surface area contributed by atoms with E-state index in [1.807, 2.05) is 0 Å². The fourth-order valence-electron chi connectivity index (χ4n) is 0. The van der Waals surface area contributed by atoms with E-state index in [0.717, 1.165) is 14.2 Å². The van der Waals surface area contributed by atoms with Crippen molar-refractivity contribution < 1.29 is 51.4 Å². The molecular formula is C6H19O5Zr+. The van der Waals surface area contributed by atoms with Crippen molar-refractivity contribution in [3.8, 4) is 0 Å². The molecule has 0 rings (SSSR count). The number of carboxylic acid groups (broad SMARTS) is 1. The number of carbonyl (C=O) groups is 1. The molecule has 0 aliphatic carbocycles. The monoisotopic (exact) mass is 261 g/mol. The Morgan fingerprint density at radius 3 is 1.25 bits per heavy atom. The second kappa shape index (κ2) is 65.6. The fraction of sp³-hybridized carbons (Fsp3) is 0.833. The number of carboxylic acids is 1. The third kappa shape index (κ3) is 175. The molecule has 0 heterocycles. The Morgan fingerprint density at radius 2 is 1.25 bits per heavy atom. The van der Waals surface area contributed by atoms with E-state index in [9.17, 15) is 4.79 Å². The summed E-state index contributed by atoms with van der Waals surface area (Å²) in [5.74, 6) is -0.745. The summed E-state index contributed by atoms with van der Waals surface area (Å²) in [7, 11) is 3.25. The Morgan fingerprint density at radius 1 is 1.17 bits per heavy atom. The van der Waals surface area contributed by atoms with Crippen molar-refractivity contribution in [3.05, 3.63) is 0 Å². The second-order valence-electron chi connectivity index (χ2n) is 0.747. The second-order valence-corrected chi connectivity index (χ2v) is 0.747. The summed E-state index contributed by atoms with van der Waals surface area (Å²) in [5.41, 5.74) is 0. The van der Waals surface area contributed by atoms with Crippen molar-refractivity contribution >= 4 is 5.97 Å². The van der Waals surface area contributed by atoms with Crippen LogP contribution in [-0.4, -0.2) is 47.7 Å². The minimum atomic E-state index is -0.745. The summed E-state index contributed by atoms with van der Waals surface area (Å²) in [5, 5.41) is 27.5. The molecule has 0 amide bonds. The molecule has 0 saturated heterocycles. The molecule has 0 radical (unpaired) electrons. The van der Waals surface area contributed by atoms with Crippen LogP contribution < -0.4 is 0 Å². The van der Waals surface area contributed by atoms with Crippen molar-refractivity contribution in [2.24, 2.45) is 0 Å². The Hall–Kier alpha value is 0.233. The maximum absolute atomic E-state index is 9.37. The minimum Gasteiger partial charge on any atom is -0.481 e. The first-order valence-electron chi connectivity index (χ1n) is 2.88. The smallest absolute Gasteiger partial charge is 0.303 e. The molecule has 0 atom stereocenters. The van der Waals surface area contributed by atoms with Gasteiger partial charge in [0.1, 0.15) is 7.11 Å². The molecule has 0 aliphatic heterocycles. The van der Waals surface area contributed by atoms with Gasteiger partial charge in [-0.1, -0.05) is 6.92 Å². The molecule has 0 fully saturated rings. The van der Waals surface area contributed by atoms with Crippen LogP contribution >= 0.6 is 0 Å². The Labute approximate surface area is 92.2 Å². The first-order chi connectivity index (χ1) is 5.27. The zero-order valence-corrected chi connectivity index (χ0v) is 10.4. The summed E-state index contributed by atoms with van der Waals surface area (Å²) < 4.78 is 0. The van der Waals surface area contributed by atoms with E-state index >= 15 is 0 Å². The van der Waals surface area contributed by atoms with E-state index in [1.54, 1.807) is 6.92 Å². The first kappa shape index (κ1) is 29.5. The van der Waals surface area contributed by atoms with Gasteiger partial charge in [0.05, 0.1) is 0 Å². The van der Waals surface area contributed by atoms with Crippen LogP contribution in [0.5, 0.6) is 0 Å². The van der Waals surface area contributed by atoms with Gasteiger partial charge in [0.25, 0.3) is 0 Å². The molecule has 0 bridgehead atoms. The molecule has 5 N–H and O–H groups in total. The van der Waals surface area contributed by atoms with Crippen LogP contribution in [0.3, 0.4) is 0 Å². The molecule has 76 valence electrons. The third-order valence-electron chi connectivity index (χ3n) is 0.302. The molecule has 6 heteroatoms. The number of hydrogen-bond donors (Lipinski definition) is 3. The summed E-state index contributed by atoms with van der Waals surface area (Å²) in [6.45, 7) is 1.60. The summed E-state index contributed by atoms with van der Waals surface area (Å²) in [4.78, 5) is 9.37. The van der Waals surface area contributed by atoms with Crippen LogP contribution in [0.15, 0.2) is 0 Å². The molecule has 5 nitrogen and oxygen atoms in total. The predicted molar refractivity (Wildman–Crippen MR) is 43.8 cm³/mol.